The molecule has 0 aliphatic carbocycles. The number of benzene rings is 2. The summed E-state index contributed by atoms with van der Waals surface area (Å²) in [4.78, 5) is 0. The van der Waals surface area contributed by atoms with Gasteiger partial charge in [0.2, 0.25) is 0 Å². The van der Waals surface area contributed by atoms with Gasteiger partial charge in [-0.05, 0) is 0 Å². The minimum Gasteiger partial charge on any atom is -0.487 e. The Morgan fingerprint density at radius 2 is 0.867 bits per heavy atom. The summed E-state index contributed by atoms with van der Waals surface area (Å²) in [6.07, 6.45) is 0. The molecule has 0 atom stereocenters. The summed E-state index contributed by atoms with van der Waals surface area (Å²) in [5.74, 6) is 1.35. The maximum absolute atomic E-state index is 6.15. The Morgan fingerprint density at radius 1 is 0.500 bits per heavy atom. The van der Waals surface area contributed by atoms with E-state index in [4.69, 9.17) is 28.4 Å². The topological polar surface area (TPSA) is 55.4 Å². The van der Waals surface area contributed by atoms with E-state index in [1.807, 2.05) is 60.7 Å². The molecule has 0 saturated carbocycles. The lowest BCUT2D eigenvalue weighted by Crippen LogP contribution is -2.11. The molecule has 0 amide bonds. The molecule has 2 aromatic carbocycles. The van der Waals surface area contributed by atoms with Gasteiger partial charge in [0.05, 0.1) is 39.6 Å². The van der Waals surface area contributed by atoms with Gasteiger partial charge in [0.1, 0.15) is 13.2 Å². The van der Waals surface area contributed by atoms with E-state index in [0.717, 1.165) is 11.1 Å². The second-order valence-electron chi connectivity index (χ2n) is 6.30. The first-order valence-electron chi connectivity index (χ1n) is 10.1. The normalized spacial score (nSPS) is 11.8. The predicted octanol–water partition coefficient (Wildman–Crippen LogP) is 3.87. The molecule has 0 spiro atoms. The van der Waals surface area contributed by atoms with Crippen molar-refractivity contribution in [1.29, 1.82) is 0 Å². The van der Waals surface area contributed by atoms with E-state index in [1.165, 1.54) is 0 Å². The van der Waals surface area contributed by atoms with Gasteiger partial charge in [-0.1, -0.05) is 60.7 Å². The average Bonchev–Trinajstić information content (AvgIpc) is 2.80. The van der Waals surface area contributed by atoms with E-state index in [1.54, 1.807) is 14.2 Å². The van der Waals surface area contributed by atoms with Crippen LogP contribution in [0.2, 0.25) is 0 Å². The average molecular weight is 417 g/mol. The van der Waals surface area contributed by atoms with Crippen LogP contribution in [0.4, 0.5) is 0 Å². The van der Waals surface area contributed by atoms with E-state index in [9.17, 15) is 0 Å². The summed E-state index contributed by atoms with van der Waals surface area (Å²) < 4.78 is 33.4. The third-order valence-electron chi connectivity index (χ3n) is 4.09. The van der Waals surface area contributed by atoms with E-state index in [0.29, 0.717) is 64.4 Å². The Balaban J connectivity index is 2.15. The molecule has 0 fully saturated rings. The molecule has 0 unspecified atom stereocenters. The van der Waals surface area contributed by atoms with Crippen LogP contribution in [0.15, 0.2) is 60.7 Å². The SMILES string of the molecule is COCCOCCO/C(=C(/OCCOCCOC)c1ccccc1)c1ccccc1. The first-order chi connectivity index (χ1) is 14.9. The van der Waals surface area contributed by atoms with Gasteiger partial charge in [0, 0.05) is 25.3 Å². The van der Waals surface area contributed by atoms with Gasteiger partial charge >= 0.3 is 0 Å². The van der Waals surface area contributed by atoms with Gasteiger partial charge in [0.25, 0.3) is 0 Å². The molecular formula is C24H32O6. The Bertz CT molecular complexity index is 641. The molecule has 30 heavy (non-hydrogen) atoms. The maximum Gasteiger partial charge on any atom is 0.169 e. The molecular weight excluding hydrogens is 384 g/mol. The number of rotatable bonds is 16. The van der Waals surface area contributed by atoms with Gasteiger partial charge in [0.15, 0.2) is 11.5 Å². The fourth-order valence-electron chi connectivity index (χ4n) is 2.63. The van der Waals surface area contributed by atoms with Gasteiger partial charge in [-0.2, -0.15) is 0 Å². The highest BCUT2D eigenvalue weighted by Crippen LogP contribution is 2.28. The van der Waals surface area contributed by atoms with E-state index >= 15 is 0 Å². The number of hydrogen-bond acceptors (Lipinski definition) is 6. The van der Waals surface area contributed by atoms with Crippen molar-refractivity contribution >= 4 is 11.5 Å². The number of hydrogen-bond donors (Lipinski definition) is 0. The van der Waals surface area contributed by atoms with Crippen molar-refractivity contribution in [2.24, 2.45) is 0 Å². The van der Waals surface area contributed by atoms with Crippen molar-refractivity contribution < 1.29 is 28.4 Å². The largest absolute Gasteiger partial charge is 0.487 e. The van der Waals surface area contributed by atoms with Crippen LogP contribution in [-0.4, -0.2) is 67.1 Å². The molecule has 0 N–H and O–H groups in total. The van der Waals surface area contributed by atoms with Crippen LogP contribution >= 0.6 is 0 Å². The summed E-state index contributed by atoms with van der Waals surface area (Å²) >= 11 is 0. The van der Waals surface area contributed by atoms with Crippen LogP contribution in [0.5, 0.6) is 0 Å². The van der Waals surface area contributed by atoms with Crippen molar-refractivity contribution in [2.75, 3.05) is 67.1 Å². The third-order valence-corrected chi connectivity index (χ3v) is 4.09. The van der Waals surface area contributed by atoms with Gasteiger partial charge in [-0.3, -0.25) is 0 Å². The van der Waals surface area contributed by atoms with E-state index in [2.05, 4.69) is 0 Å². The molecule has 6 heteroatoms. The van der Waals surface area contributed by atoms with Crippen LogP contribution in [0.25, 0.3) is 11.5 Å². The molecule has 0 saturated heterocycles. The highest BCUT2D eigenvalue weighted by Gasteiger charge is 2.15. The molecule has 2 aromatic rings. The van der Waals surface area contributed by atoms with Crippen molar-refractivity contribution in [3.05, 3.63) is 71.8 Å². The van der Waals surface area contributed by atoms with Gasteiger partial charge < -0.3 is 28.4 Å². The number of methoxy groups -OCH3 is 2. The first kappa shape index (κ1) is 23.9. The van der Waals surface area contributed by atoms with Crippen LogP contribution in [0.3, 0.4) is 0 Å². The van der Waals surface area contributed by atoms with E-state index in [-0.39, 0.29) is 0 Å². The Morgan fingerprint density at radius 3 is 1.23 bits per heavy atom. The Labute approximate surface area is 179 Å². The highest BCUT2D eigenvalue weighted by atomic mass is 16.6. The van der Waals surface area contributed by atoms with Crippen LogP contribution < -0.4 is 0 Å². The summed E-state index contributed by atoms with van der Waals surface area (Å²) in [5.41, 5.74) is 1.88. The molecule has 0 aromatic heterocycles. The predicted molar refractivity (Wildman–Crippen MR) is 117 cm³/mol. The Hall–Kier alpha value is -2.38. The molecule has 0 aliphatic rings. The minimum atomic E-state index is 0.401. The highest BCUT2D eigenvalue weighted by molar-refractivity contribution is 5.84. The second kappa shape index (κ2) is 15.5. The standard InChI is InChI=1S/C24H32O6/c1-25-13-15-27-17-19-29-23(21-9-5-3-6-10-21)24(22-11-7-4-8-12-22)30-20-18-28-16-14-26-2/h3-12H,13-20H2,1-2H3/b24-23+. The lowest BCUT2D eigenvalue weighted by Gasteiger charge is -2.18. The smallest absolute Gasteiger partial charge is 0.169 e. The summed E-state index contributed by atoms with van der Waals surface area (Å²) in [7, 11) is 3.30. The van der Waals surface area contributed by atoms with Crippen LogP contribution in [-0.2, 0) is 28.4 Å². The minimum absolute atomic E-state index is 0.401. The van der Waals surface area contributed by atoms with Crippen LogP contribution in [0, 0.1) is 0 Å². The molecule has 164 valence electrons. The number of ether oxygens (including phenoxy) is 6. The summed E-state index contributed by atoms with van der Waals surface area (Å²) in [6, 6.07) is 19.9. The van der Waals surface area contributed by atoms with Gasteiger partial charge in [-0.25, -0.2) is 0 Å². The zero-order valence-corrected chi connectivity index (χ0v) is 17.9. The molecule has 0 bridgehead atoms. The Kier molecular flexibility index (Phi) is 12.3. The lowest BCUT2D eigenvalue weighted by atomic mass is 10.1. The van der Waals surface area contributed by atoms with Gasteiger partial charge in [-0.15, -0.1) is 0 Å². The zero-order valence-electron chi connectivity index (χ0n) is 17.9. The fraction of sp³-hybridized carbons (Fsp3) is 0.417. The molecule has 0 radical (unpaired) electrons. The molecule has 0 heterocycles. The summed E-state index contributed by atoms with van der Waals surface area (Å²) in [6.45, 7) is 3.90. The van der Waals surface area contributed by atoms with Crippen LogP contribution in [0.1, 0.15) is 11.1 Å². The van der Waals surface area contributed by atoms with Crippen molar-refractivity contribution in [3.63, 3.8) is 0 Å². The lowest BCUT2D eigenvalue weighted by molar-refractivity contribution is 0.0456. The molecule has 2 rings (SSSR count). The molecule has 0 aliphatic heterocycles. The maximum atomic E-state index is 6.15. The monoisotopic (exact) mass is 416 g/mol. The first-order valence-corrected chi connectivity index (χ1v) is 10.1. The summed E-state index contributed by atoms with van der Waals surface area (Å²) in [5, 5.41) is 0. The van der Waals surface area contributed by atoms with E-state index < -0.39 is 0 Å². The zero-order chi connectivity index (χ0) is 21.3. The second-order valence-corrected chi connectivity index (χ2v) is 6.30. The molecule has 6 nitrogen and oxygen atoms in total. The van der Waals surface area contributed by atoms with Crippen molar-refractivity contribution in [3.8, 4) is 0 Å². The third kappa shape index (κ3) is 8.97. The van der Waals surface area contributed by atoms with Crippen molar-refractivity contribution in [2.45, 2.75) is 0 Å². The van der Waals surface area contributed by atoms with Crippen molar-refractivity contribution in [1.82, 2.24) is 0 Å². The fourth-order valence-corrected chi connectivity index (χ4v) is 2.63. The quantitative estimate of drug-likeness (QED) is 0.235.